The van der Waals surface area contributed by atoms with Crippen LogP contribution in [0.5, 0.6) is 0 Å². The Morgan fingerprint density at radius 2 is 1.94 bits per heavy atom. The first-order chi connectivity index (χ1) is 8.84. The molecular weight excluding hydrogens is 242 g/mol. The number of aromatic nitrogens is 3. The predicted octanol–water partition coefficient (Wildman–Crippen LogP) is 3.58. The van der Waals surface area contributed by atoms with Crippen LogP contribution in [-0.4, -0.2) is 15.0 Å². The van der Waals surface area contributed by atoms with Crippen molar-refractivity contribution in [1.82, 2.24) is 15.0 Å². The van der Waals surface area contributed by atoms with Crippen LogP contribution in [0.4, 0.5) is 0 Å². The topological polar surface area (TPSA) is 38.7 Å². The van der Waals surface area contributed by atoms with E-state index in [4.69, 9.17) is 0 Å². The van der Waals surface area contributed by atoms with Crippen LogP contribution >= 0.6 is 11.3 Å². The summed E-state index contributed by atoms with van der Waals surface area (Å²) in [5, 5.41) is 3.05. The molecule has 0 aliphatic heterocycles. The molecule has 0 saturated heterocycles. The van der Waals surface area contributed by atoms with Crippen molar-refractivity contribution in [3.05, 3.63) is 53.9 Å². The quantitative estimate of drug-likeness (QED) is 0.700. The Kier molecular flexibility index (Phi) is 2.86. The molecule has 0 aliphatic rings. The molecular formula is C14H11N3S. The van der Waals surface area contributed by atoms with Gasteiger partial charge in [0.2, 0.25) is 0 Å². The van der Waals surface area contributed by atoms with Crippen LogP contribution in [0, 0.1) is 6.92 Å². The highest BCUT2D eigenvalue weighted by Crippen LogP contribution is 2.29. The predicted molar refractivity (Wildman–Crippen MR) is 73.3 cm³/mol. The second kappa shape index (κ2) is 4.66. The number of nitrogens with zero attached hydrogens (tertiary/aromatic N) is 3. The highest BCUT2D eigenvalue weighted by atomic mass is 32.1. The van der Waals surface area contributed by atoms with Gasteiger partial charge in [0.05, 0.1) is 5.69 Å². The molecule has 0 aromatic carbocycles. The van der Waals surface area contributed by atoms with Crippen molar-refractivity contribution in [2.45, 2.75) is 6.92 Å². The van der Waals surface area contributed by atoms with E-state index in [1.807, 2.05) is 30.6 Å². The average Bonchev–Trinajstić information content (AvgIpc) is 2.90. The molecule has 0 unspecified atom stereocenters. The van der Waals surface area contributed by atoms with Crippen molar-refractivity contribution in [3.63, 3.8) is 0 Å². The first kappa shape index (κ1) is 11.0. The monoisotopic (exact) mass is 253 g/mol. The lowest BCUT2D eigenvalue weighted by molar-refractivity contribution is 1.27. The third kappa shape index (κ3) is 2.02. The standard InChI is InChI=1S/C14H11N3S/c1-10-4-6-16-8-12(10)14-17-13(9-18-14)11-3-2-5-15-7-11/h2-9H,1H3. The maximum atomic E-state index is 4.65. The molecule has 0 aliphatic carbocycles. The number of hydrogen-bond acceptors (Lipinski definition) is 4. The second-order valence-electron chi connectivity index (χ2n) is 3.97. The van der Waals surface area contributed by atoms with Gasteiger partial charge in [0.25, 0.3) is 0 Å². The molecule has 3 rings (SSSR count). The van der Waals surface area contributed by atoms with Crippen LogP contribution < -0.4 is 0 Å². The minimum atomic E-state index is 0.964. The van der Waals surface area contributed by atoms with Gasteiger partial charge >= 0.3 is 0 Å². The van der Waals surface area contributed by atoms with Gasteiger partial charge < -0.3 is 0 Å². The summed E-state index contributed by atoms with van der Waals surface area (Å²) in [4.78, 5) is 12.9. The molecule has 0 N–H and O–H groups in total. The summed E-state index contributed by atoms with van der Waals surface area (Å²) in [5.74, 6) is 0. The van der Waals surface area contributed by atoms with E-state index in [2.05, 4.69) is 27.3 Å². The van der Waals surface area contributed by atoms with Crippen LogP contribution in [0.25, 0.3) is 21.8 Å². The molecule has 0 bridgehead atoms. The van der Waals surface area contributed by atoms with E-state index in [0.717, 1.165) is 21.8 Å². The van der Waals surface area contributed by atoms with Crippen molar-refractivity contribution in [2.75, 3.05) is 0 Å². The molecule has 4 heteroatoms. The van der Waals surface area contributed by atoms with Gasteiger partial charge in [-0.15, -0.1) is 11.3 Å². The number of rotatable bonds is 2. The molecule has 0 spiro atoms. The van der Waals surface area contributed by atoms with Crippen molar-refractivity contribution >= 4 is 11.3 Å². The van der Waals surface area contributed by atoms with E-state index in [-0.39, 0.29) is 0 Å². The van der Waals surface area contributed by atoms with Gasteiger partial charge in [0, 0.05) is 41.3 Å². The van der Waals surface area contributed by atoms with Gasteiger partial charge in [0.1, 0.15) is 5.01 Å². The van der Waals surface area contributed by atoms with E-state index < -0.39 is 0 Å². The molecule has 88 valence electrons. The Hall–Kier alpha value is -2.07. The lowest BCUT2D eigenvalue weighted by atomic mass is 10.2. The summed E-state index contributed by atoms with van der Waals surface area (Å²) >= 11 is 1.63. The third-order valence-corrected chi connectivity index (χ3v) is 3.61. The largest absolute Gasteiger partial charge is 0.264 e. The minimum absolute atomic E-state index is 0.964. The van der Waals surface area contributed by atoms with Crippen molar-refractivity contribution in [1.29, 1.82) is 0 Å². The van der Waals surface area contributed by atoms with E-state index >= 15 is 0 Å². The fraction of sp³-hybridized carbons (Fsp3) is 0.0714. The Bertz CT molecular complexity index is 662. The summed E-state index contributed by atoms with van der Waals surface area (Å²) in [6, 6.07) is 5.94. The summed E-state index contributed by atoms with van der Waals surface area (Å²) in [5.41, 5.74) is 4.29. The fourth-order valence-corrected chi connectivity index (χ4v) is 2.64. The molecule has 3 aromatic rings. The molecule has 0 amide bonds. The third-order valence-electron chi connectivity index (χ3n) is 2.73. The highest BCUT2D eigenvalue weighted by Gasteiger charge is 2.08. The summed E-state index contributed by atoms with van der Waals surface area (Å²) in [6.45, 7) is 2.07. The zero-order valence-electron chi connectivity index (χ0n) is 9.87. The van der Waals surface area contributed by atoms with Crippen molar-refractivity contribution in [2.24, 2.45) is 0 Å². The molecule has 3 aromatic heterocycles. The summed E-state index contributed by atoms with van der Waals surface area (Å²) < 4.78 is 0. The minimum Gasteiger partial charge on any atom is -0.264 e. The van der Waals surface area contributed by atoms with E-state index in [1.165, 1.54) is 5.56 Å². The van der Waals surface area contributed by atoms with Crippen LogP contribution in [0.1, 0.15) is 5.56 Å². The van der Waals surface area contributed by atoms with Gasteiger partial charge in [-0.1, -0.05) is 0 Å². The number of pyridine rings is 2. The van der Waals surface area contributed by atoms with Crippen molar-refractivity contribution in [3.8, 4) is 21.8 Å². The maximum Gasteiger partial charge on any atom is 0.125 e. The van der Waals surface area contributed by atoms with Gasteiger partial charge in [-0.3, -0.25) is 9.97 Å². The Morgan fingerprint density at radius 1 is 1.06 bits per heavy atom. The van der Waals surface area contributed by atoms with E-state index in [0.29, 0.717) is 0 Å². The van der Waals surface area contributed by atoms with E-state index in [1.54, 1.807) is 23.7 Å². The maximum absolute atomic E-state index is 4.65. The Labute approximate surface area is 109 Å². The molecule has 0 atom stereocenters. The van der Waals surface area contributed by atoms with Gasteiger partial charge in [0.15, 0.2) is 0 Å². The summed E-state index contributed by atoms with van der Waals surface area (Å²) in [6.07, 6.45) is 7.26. The lowest BCUT2D eigenvalue weighted by Gasteiger charge is -1.99. The normalized spacial score (nSPS) is 10.5. The highest BCUT2D eigenvalue weighted by molar-refractivity contribution is 7.13. The smallest absolute Gasteiger partial charge is 0.125 e. The van der Waals surface area contributed by atoms with Crippen LogP contribution in [0.2, 0.25) is 0 Å². The first-order valence-corrected chi connectivity index (χ1v) is 6.49. The van der Waals surface area contributed by atoms with E-state index in [9.17, 15) is 0 Å². The molecule has 0 fully saturated rings. The molecule has 3 heterocycles. The van der Waals surface area contributed by atoms with Crippen LogP contribution in [0.3, 0.4) is 0 Å². The van der Waals surface area contributed by atoms with Gasteiger partial charge in [-0.05, 0) is 30.7 Å². The summed E-state index contributed by atoms with van der Waals surface area (Å²) in [7, 11) is 0. The zero-order chi connectivity index (χ0) is 12.4. The SMILES string of the molecule is Cc1ccncc1-c1nc(-c2cccnc2)cs1. The molecule has 3 nitrogen and oxygen atoms in total. The number of hydrogen-bond donors (Lipinski definition) is 0. The van der Waals surface area contributed by atoms with Crippen LogP contribution in [-0.2, 0) is 0 Å². The van der Waals surface area contributed by atoms with Gasteiger partial charge in [-0.25, -0.2) is 4.98 Å². The Balaban J connectivity index is 2.03. The molecule has 0 radical (unpaired) electrons. The molecule has 18 heavy (non-hydrogen) atoms. The number of aryl methyl sites for hydroxylation is 1. The number of thiazole rings is 1. The van der Waals surface area contributed by atoms with Gasteiger partial charge in [-0.2, -0.15) is 0 Å². The van der Waals surface area contributed by atoms with Crippen LogP contribution in [0.15, 0.2) is 48.4 Å². The lowest BCUT2D eigenvalue weighted by Crippen LogP contribution is -1.84. The Morgan fingerprint density at radius 3 is 2.72 bits per heavy atom. The average molecular weight is 253 g/mol. The first-order valence-electron chi connectivity index (χ1n) is 5.61. The molecule has 0 saturated carbocycles. The second-order valence-corrected chi connectivity index (χ2v) is 4.83. The zero-order valence-corrected chi connectivity index (χ0v) is 10.7. The van der Waals surface area contributed by atoms with Crippen molar-refractivity contribution < 1.29 is 0 Å². The fourth-order valence-electron chi connectivity index (χ4n) is 1.73.